The van der Waals surface area contributed by atoms with Gasteiger partial charge in [-0.2, -0.15) is 0 Å². The van der Waals surface area contributed by atoms with Crippen molar-refractivity contribution in [1.82, 2.24) is 20.2 Å². The van der Waals surface area contributed by atoms with Crippen molar-refractivity contribution in [2.75, 3.05) is 40.5 Å². The molecule has 0 bridgehead atoms. The minimum absolute atomic E-state index is 0.0559. The van der Waals surface area contributed by atoms with Crippen molar-refractivity contribution < 1.29 is 19.0 Å². The number of ether oxygens (including phenoxy) is 3. The van der Waals surface area contributed by atoms with Crippen LogP contribution >= 0.6 is 0 Å². The maximum atomic E-state index is 12.6. The number of carbonyl (C=O) groups excluding carboxylic acids is 1. The lowest BCUT2D eigenvalue weighted by atomic mass is 10.1. The van der Waals surface area contributed by atoms with Crippen LogP contribution in [0.25, 0.3) is 0 Å². The fraction of sp³-hybridized carbons (Fsp3) is 0.565. The van der Waals surface area contributed by atoms with Gasteiger partial charge in [-0.3, -0.25) is 9.69 Å². The van der Waals surface area contributed by atoms with Crippen LogP contribution in [0, 0.1) is 6.92 Å². The third kappa shape index (κ3) is 6.21. The lowest BCUT2D eigenvalue weighted by molar-refractivity contribution is 0.0878. The van der Waals surface area contributed by atoms with Crippen LogP contribution in [0.3, 0.4) is 0 Å². The van der Waals surface area contributed by atoms with E-state index in [4.69, 9.17) is 19.2 Å². The smallest absolute Gasteiger partial charge is 0.255 e. The van der Waals surface area contributed by atoms with Gasteiger partial charge in [-0.15, -0.1) is 0 Å². The summed E-state index contributed by atoms with van der Waals surface area (Å²) >= 11 is 0. The third-order valence-corrected chi connectivity index (χ3v) is 5.60. The average molecular weight is 431 g/mol. The van der Waals surface area contributed by atoms with E-state index in [0.717, 1.165) is 56.1 Å². The largest absolute Gasteiger partial charge is 0.497 e. The molecular weight excluding hydrogens is 396 g/mol. The van der Waals surface area contributed by atoms with Crippen LogP contribution in [-0.4, -0.2) is 67.3 Å². The molecular formula is C23H34N4O4. The first-order valence-electron chi connectivity index (χ1n) is 10.9. The van der Waals surface area contributed by atoms with Crippen LogP contribution in [0.5, 0.6) is 11.5 Å². The molecule has 0 aliphatic carbocycles. The topological polar surface area (TPSA) is 88.7 Å². The molecule has 1 aromatic carbocycles. The number of amides is 1. The zero-order valence-corrected chi connectivity index (χ0v) is 19.0. The maximum absolute atomic E-state index is 12.6. The van der Waals surface area contributed by atoms with Crippen LogP contribution in [0.15, 0.2) is 18.2 Å². The summed E-state index contributed by atoms with van der Waals surface area (Å²) < 4.78 is 16.6. The van der Waals surface area contributed by atoms with E-state index in [1.54, 1.807) is 32.4 Å². The summed E-state index contributed by atoms with van der Waals surface area (Å²) in [6.07, 6.45) is 2.76. The number of H-pyrrole nitrogens is 1. The molecule has 0 atom stereocenters. The zero-order chi connectivity index (χ0) is 22.2. The molecule has 3 rings (SSSR count). The van der Waals surface area contributed by atoms with Gasteiger partial charge in [0.05, 0.1) is 25.0 Å². The predicted molar refractivity (Wildman–Crippen MR) is 119 cm³/mol. The fourth-order valence-electron chi connectivity index (χ4n) is 3.74. The van der Waals surface area contributed by atoms with Gasteiger partial charge in [-0.05, 0) is 31.9 Å². The Kier molecular flexibility index (Phi) is 8.31. The number of aryl methyl sites for hydroxylation is 2. The summed E-state index contributed by atoms with van der Waals surface area (Å²) in [5, 5.41) is 2.86. The van der Waals surface area contributed by atoms with E-state index in [1.807, 2.05) is 0 Å². The summed E-state index contributed by atoms with van der Waals surface area (Å²) in [5.74, 6) is 2.10. The lowest BCUT2D eigenvalue weighted by Gasteiger charge is -2.32. The van der Waals surface area contributed by atoms with Crippen molar-refractivity contribution in [1.29, 1.82) is 0 Å². The number of hydrogen-bond acceptors (Lipinski definition) is 6. The number of rotatable bonds is 10. The van der Waals surface area contributed by atoms with Crippen molar-refractivity contribution >= 4 is 5.91 Å². The van der Waals surface area contributed by atoms with Gasteiger partial charge in [0.2, 0.25) is 0 Å². The Balaban J connectivity index is 1.59. The molecule has 0 saturated carbocycles. The Bertz CT molecular complexity index is 859. The second kappa shape index (κ2) is 11.2. The maximum Gasteiger partial charge on any atom is 0.255 e. The Morgan fingerprint density at radius 1 is 1.29 bits per heavy atom. The van der Waals surface area contributed by atoms with E-state index >= 15 is 0 Å². The summed E-state index contributed by atoms with van der Waals surface area (Å²) in [6.45, 7) is 7.81. The first-order chi connectivity index (χ1) is 15.0. The molecule has 1 saturated heterocycles. The van der Waals surface area contributed by atoms with Gasteiger partial charge in [0.15, 0.2) is 0 Å². The number of nitrogens with zero attached hydrogens (tertiary/aromatic N) is 2. The minimum Gasteiger partial charge on any atom is -0.497 e. The predicted octanol–water partition coefficient (Wildman–Crippen LogP) is 2.71. The van der Waals surface area contributed by atoms with Crippen LogP contribution in [0.1, 0.15) is 47.3 Å². The summed E-state index contributed by atoms with van der Waals surface area (Å²) in [4.78, 5) is 23.0. The highest BCUT2D eigenvalue weighted by molar-refractivity contribution is 5.97. The second-order valence-electron chi connectivity index (χ2n) is 7.81. The number of aromatic nitrogens is 2. The van der Waals surface area contributed by atoms with E-state index in [9.17, 15) is 4.79 Å². The molecule has 8 heteroatoms. The molecule has 1 aliphatic heterocycles. The highest BCUT2D eigenvalue weighted by Crippen LogP contribution is 2.28. The number of methoxy groups -OCH3 is 2. The van der Waals surface area contributed by atoms with E-state index < -0.39 is 0 Å². The standard InChI is InChI=1S/C23H34N4O4/c1-5-22-25-16(2)20(26-22)15-27-11-8-17(9-12-27)31-21-14-18(30-4)6-7-19(21)23(28)24-10-13-29-3/h6-7,14,17H,5,8-13,15H2,1-4H3,(H,24,28)(H,25,26). The Labute approximate surface area is 184 Å². The first kappa shape index (κ1) is 23.1. The van der Waals surface area contributed by atoms with Crippen LogP contribution in [-0.2, 0) is 17.7 Å². The molecule has 2 aromatic rings. The van der Waals surface area contributed by atoms with E-state index in [0.29, 0.717) is 30.2 Å². The summed E-state index contributed by atoms with van der Waals surface area (Å²) in [5.41, 5.74) is 2.79. The van der Waals surface area contributed by atoms with Gasteiger partial charge in [-0.1, -0.05) is 6.92 Å². The number of imidazole rings is 1. The molecule has 31 heavy (non-hydrogen) atoms. The fourth-order valence-corrected chi connectivity index (χ4v) is 3.74. The zero-order valence-electron chi connectivity index (χ0n) is 19.0. The van der Waals surface area contributed by atoms with Crippen molar-refractivity contribution in [3.05, 3.63) is 41.0 Å². The van der Waals surface area contributed by atoms with Gasteiger partial charge >= 0.3 is 0 Å². The van der Waals surface area contributed by atoms with Crippen molar-refractivity contribution in [3.8, 4) is 11.5 Å². The minimum atomic E-state index is -0.173. The second-order valence-corrected chi connectivity index (χ2v) is 7.81. The number of carbonyl (C=O) groups is 1. The summed E-state index contributed by atoms with van der Waals surface area (Å²) in [6, 6.07) is 5.31. The molecule has 2 heterocycles. The Hall–Kier alpha value is -2.58. The molecule has 1 aromatic heterocycles. The first-order valence-corrected chi connectivity index (χ1v) is 10.9. The van der Waals surface area contributed by atoms with Crippen molar-refractivity contribution in [3.63, 3.8) is 0 Å². The molecule has 2 N–H and O–H groups in total. The van der Waals surface area contributed by atoms with E-state index in [-0.39, 0.29) is 12.0 Å². The van der Waals surface area contributed by atoms with Gasteiger partial charge in [-0.25, -0.2) is 4.98 Å². The Morgan fingerprint density at radius 3 is 2.71 bits per heavy atom. The summed E-state index contributed by atoms with van der Waals surface area (Å²) in [7, 11) is 3.22. The average Bonchev–Trinajstić information content (AvgIpc) is 3.14. The number of hydrogen-bond donors (Lipinski definition) is 2. The van der Waals surface area contributed by atoms with Crippen LogP contribution in [0.2, 0.25) is 0 Å². The van der Waals surface area contributed by atoms with Gasteiger partial charge in [0.1, 0.15) is 23.4 Å². The monoisotopic (exact) mass is 430 g/mol. The molecule has 170 valence electrons. The SMILES string of the molecule is CCc1nc(CN2CCC(Oc3cc(OC)ccc3C(=O)NCCOC)CC2)c(C)[nH]1. The number of nitrogens with one attached hydrogen (secondary N) is 2. The third-order valence-electron chi connectivity index (χ3n) is 5.60. The molecule has 1 fully saturated rings. The molecule has 0 radical (unpaired) electrons. The van der Waals surface area contributed by atoms with Crippen molar-refractivity contribution in [2.45, 2.75) is 45.8 Å². The number of piperidine rings is 1. The van der Waals surface area contributed by atoms with E-state index in [1.165, 1.54) is 0 Å². The van der Waals surface area contributed by atoms with Gasteiger partial charge < -0.3 is 24.5 Å². The molecule has 1 amide bonds. The highest BCUT2D eigenvalue weighted by atomic mass is 16.5. The quantitative estimate of drug-likeness (QED) is 0.564. The van der Waals surface area contributed by atoms with Crippen molar-refractivity contribution in [2.24, 2.45) is 0 Å². The van der Waals surface area contributed by atoms with Gasteiger partial charge in [0.25, 0.3) is 5.91 Å². The number of likely N-dealkylation sites (tertiary alicyclic amines) is 1. The number of aromatic amines is 1. The number of benzene rings is 1. The highest BCUT2D eigenvalue weighted by Gasteiger charge is 2.24. The van der Waals surface area contributed by atoms with Gasteiger partial charge in [0, 0.05) is 51.5 Å². The Morgan fingerprint density at radius 2 is 2.06 bits per heavy atom. The normalized spacial score (nSPS) is 15.1. The molecule has 1 aliphatic rings. The lowest BCUT2D eigenvalue weighted by Crippen LogP contribution is -2.38. The van der Waals surface area contributed by atoms with Crippen LogP contribution < -0.4 is 14.8 Å². The molecule has 0 spiro atoms. The van der Waals surface area contributed by atoms with E-state index in [2.05, 4.69) is 29.0 Å². The van der Waals surface area contributed by atoms with Crippen LogP contribution in [0.4, 0.5) is 0 Å². The molecule has 8 nitrogen and oxygen atoms in total. The molecule has 0 unspecified atom stereocenters.